The summed E-state index contributed by atoms with van der Waals surface area (Å²) in [5.74, 6) is 1.61. The highest BCUT2D eigenvalue weighted by Crippen LogP contribution is 2.28. The molecular weight excluding hydrogens is 324 g/mol. The van der Waals surface area contributed by atoms with Crippen LogP contribution in [0.5, 0.6) is 0 Å². The standard InChI is InChI=1S/C17H24N4O2S/c1-3-21-15(14-9-8-12-23-14)18-19-17(21)24-13(2)16(22)20-10-6-4-5-7-11-20/h8-9,12-13H,3-7,10-11H2,1-2H3. The monoisotopic (exact) mass is 348 g/mol. The van der Waals surface area contributed by atoms with Crippen LogP contribution in [0.15, 0.2) is 28.0 Å². The van der Waals surface area contributed by atoms with Crippen LogP contribution >= 0.6 is 11.8 Å². The number of furan rings is 1. The first-order valence-corrected chi connectivity index (χ1v) is 9.51. The second-order valence-corrected chi connectivity index (χ2v) is 7.34. The van der Waals surface area contributed by atoms with E-state index in [0.29, 0.717) is 11.6 Å². The molecule has 3 rings (SSSR count). The van der Waals surface area contributed by atoms with E-state index in [9.17, 15) is 4.79 Å². The van der Waals surface area contributed by atoms with E-state index in [1.54, 1.807) is 6.26 Å². The fourth-order valence-corrected chi connectivity index (χ4v) is 4.00. The molecule has 7 heteroatoms. The Morgan fingerprint density at radius 3 is 2.67 bits per heavy atom. The molecule has 1 aliphatic rings. The van der Waals surface area contributed by atoms with Gasteiger partial charge in [0.15, 0.2) is 16.7 Å². The largest absolute Gasteiger partial charge is 0.461 e. The molecule has 0 aromatic carbocycles. The van der Waals surface area contributed by atoms with Gasteiger partial charge in [-0.25, -0.2) is 0 Å². The van der Waals surface area contributed by atoms with Crippen molar-refractivity contribution in [2.45, 2.75) is 56.5 Å². The Labute approximate surface area is 146 Å². The number of nitrogens with zero attached hydrogens (tertiary/aromatic N) is 4. The Morgan fingerprint density at radius 1 is 1.29 bits per heavy atom. The molecule has 0 bridgehead atoms. The van der Waals surface area contributed by atoms with E-state index in [2.05, 4.69) is 10.2 Å². The average molecular weight is 348 g/mol. The molecule has 0 N–H and O–H groups in total. The number of hydrogen-bond donors (Lipinski definition) is 0. The smallest absolute Gasteiger partial charge is 0.235 e. The summed E-state index contributed by atoms with van der Waals surface area (Å²) in [7, 11) is 0. The second-order valence-electron chi connectivity index (χ2n) is 6.03. The van der Waals surface area contributed by atoms with Crippen LogP contribution in [0.25, 0.3) is 11.6 Å². The van der Waals surface area contributed by atoms with Crippen molar-refractivity contribution in [2.75, 3.05) is 13.1 Å². The van der Waals surface area contributed by atoms with Crippen LogP contribution in [0.1, 0.15) is 39.5 Å². The molecule has 1 saturated heterocycles. The zero-order valence-corrected chi connectivity index (χ0v) is 15.1. The van der Waals surface area contributed by atoms with E-state index < -0.39 is 0 Å². The summed E-state index contributed by atoms with van der Waals surface area (Å²) in [5, 5.41) is 9.12. The number of thioether (sulfide) groups is 1. The molecule has 1 fully saturated rings. The highest BCUT2D eigenvalue weighted by molar-refractivity contribution is 8.00. The Morgan fingerprint density at radius 2 is 2.04 bits per heavy atom. The third-order valence-electron chi connectivity index (χ3n) is 4.32. The van der Waals surface area contributed by atoms with Crippen molar-refractivity contribution >= 4 is 17.7 Å². The summed E-state index contributed by atoms with van der Waals surface area (Å²) in [6.45, 7) is 6.49. The first-order chi connectivity index (χ1) is 11.7. The molecule has 2 aromatic rings. The number of likely N-dealkylation sites (tertiary alicyclic amines) is 1. The molecule has 6 nitrogen and oxygen atoms in total. The summed E-state index contributed by atoms with van der Waals surface area (Å²) < 4.78 is 7.42. The van der Waals surface area contributed by atoms with Crippen LogP contribution in [0.4, 0.5) is 0 Å². The highest BCUT2D eigenvalue weighted by atomic mass is 32.2. The summed E-state index contributed by atoms with van der Waals surface area (Å²) in [4.78, 5) is 14.7. The van der Waals surface area contributed by atoms with E-state index in [1.807, 2.05) is 35.4 Å². The summed E-state index contributed by atoms with van der Waals surface area (Å²) in [6.07, 6.45) is 6.29. The third kappa shape index (κ3) is 3.66. The average Bonchev–Trinajstić information content (AvgIpc) is 3.16. The third-order valence-corrected chi connectivity index (χ3v) is 5.39. The van der Waals surface area contributed by atoms with Gasteiger partial charge >= 0.3 is 0 Å². The van der Waals surface area contributed by atoms with Crippen LogP contribution in [-0.2, 0) is 11.3 Å². The van der Waals surface area contributed by atoms with Gasteiger partial charge in [0.2, 0.25) is 5.91 Å². The lowest BCUT2D eigenvalue weighted by molar-refractivity contribution is -0.130. The molecule has 0 aliphatic carbocycles. The maximum atomic E-state index is 12.7. The summed E-state index contributed by atoms with van der Waals surface area (Å²) >= 11 is 1.48. The van der Waals surface area contributed by atoms with Gasteiger partial charge < -0.3 is 9.32 Å². The molecule has 130 valence electrons. The minimum atomic E-state index is -0.165. The molecule has 1 amide bonds. The maximum Gasteiger partial charge on any atom is 0.235 e. The predicted octanol–water partition coefficient (Wildman–Crippen LogP) is 3.44. The zero-order chi connectivity index (χ0) is 16.9. The zero-order valence-electron chi connectivity index (χ0n) is 14.3. The topological polar surface area (TPSA) is 64.2 Å². The quantitative estimate of drug-likeness (QED) is 0.775. The SMILES string of the molecule is CCn1c(SC(C)C(=O)N2CCCCCC2)nnc1-c1ccco1. The van der Waals surface area contributed by atoms with Gasteiger partial charge in [0, 0.05) is 19.6 Å². The second kappa shape index (κ2) is 7.88. The molecule has 0 radical (unpaired) electrons. The van der Waals surface area contributed by atoms with Crippen molar-refractivity contribution < 1.29 is 9.21 Å². The van der Waals surface area contributed by atoms with Crippen molar-refractivity contribution in [3.63, 3.8) is 0 Å². The van der Waals surface area contributed by atoms with Crippen molar-refractivity contribution in [1.29, 1.82) is 0 Å². The molecule has 2 aromatic heterocycles. The van der Waals surface area contributed by atoms with Crippen molar-refractivity contribution in [2.24, 2.45) is 0 Å². The fourth-order valence-electron chi connectivity index (χ4n) is 3.01. The van der Waals surface area contributed by atoms with Gasteiger partial charge in [-0.05, 0) is 38.8 Å². The van der Waals surface area contributed by atoms with Crippen LogP contribution in [-0.4, -0.2) is 43.9 Å². The number of rotatable bonds is 5. The van der Waals surface area contributed by atoms with E-state index in [0.717, 1.165) is 37.6 Å². The van der Waals surface area contributed by atoms with E-state index >= 15 is 0 Å². The van der Waals surface area contributed by atoms with E-state index in [-0.39, 0.29) is 11.2 Å². The molecule has 0 saturated carbocycles. The Hall–Kier alpha value is -1.76. The number of carbonyl (C=O) groups excluding carboxylic acids is 1. The lowest BCUT2D eigenvalue weighted by Crippen LogP contribution is -2.37. The fraction of sp³-hybridized carbons (Fsp3) is 0.588. The lowest BCUT2D eigenvalue weighted by atomic mass is 10.2. The van der Waals surface area contributed by atoms with Gasteiger partial charge in [-0.15, -0.1) is 10.2 Å². The first kappa shape index (κ1) is 17.1. The van der Waals surface area contributed by atoms with Gasteiger partial charge in [0.05, 0.1) is 11.5 Å². The normalized spacial score (nSPS) is 16.8. The maximum absolute atomic E-state index is 12.7. The van der Waals surface area contributed by atoms with Crippen molar-refractivity contribution in [3.8, 4) is 11.6 Å². The first-order valence-electron chi connectivity index (χ1n) is 8.63. The summed E-state index contributed by atoms with van der Waals surface area (Å²) in [5.41, 5.74) is 0. The van der Waals surface area contributed by atoms with Gasteiger partial charge in [-0.2, -0.15) is 0 Å². The van der Waals surface area contributed by atoms with Gasteiger partial charge in [0.25, 0.3) is 0 Å². The minimum absolute atomic E-state index is 0.165. The number of hydrogen-bond acceptors (Lipinski definition) is 5. The minimum Gasteiger partial charge on any atom is -0.461 e. The van der Waals surface area contributed by atoms with E-state index in [4.69, 9.17) is 4.42 Å². The Kier molecular flexibility index (Phi) is 5.60. The Bertz CT molecular complexity index is 660. The Balaban J connectivity index is 1.72. The predicted molar refractivity (Wildman–Crippen MR) is 93.8 cm³/mol. The molecule has 1 unspecified atom stereocenters. The van der Waals surface area contributed by atoms with Gasteiger partial charge in [0.1, 0.15) is 0 Å². The molecule has 1 aliphatic heterocycles. The van der Waals surface area contributed by atoms with Gasteiger partial charge in [-0.3, -0.25) is 9.36 Å². The molecular formula is C17H24N4O2S. The molecule has 3 heterocycles. The van der Waals surface area contributed by atoms with Crippen molar-refractivity contribution in [1.82, 2.24) is 19.7 Å². The number of aromatic nitrogens is 3. The highest BCUT2D eigenvalue weighted by Gasteiger charge is 2.25. The summed E-state index contributed by atoms with van der Waals surface area (Å²) in [6, 6.07) is 3.71. The number of amides is 1. The van der Waals surface area contributed by atoms with Crippen LogP contribution < -0.4 is 0 Å². The van der Waals surface area contributed by atoms with Gasteiger partial charge in [-0.1, -0.05) is 24.6 Å². The molecule has 24 heavy (non-hydrogen) atoms. The lowest BCUT2D eigenvalue weighted by Gasteiger charge is -2.23. The van der Waals surface area contributed by atoms with Crippen molar-refractivity contribution in [3.05, 3.63) is 18.4 Å². The van der Waals surface area contributed by atoms with E-state index in [1.165, 1.54) is 24.6 Å². The van der Waals surface area contributed by atoms with Crippen LogP contribution in [0.3, 0.4) is 0 Å². The molecule has 1 atom stereocenters. The molecule has 0 spiro atoms. The van der Waals surface area contributed by atoms with Crippen LogP contribution in [0.2, 0.25) is 0 Å². The van der Waals surface area contributed by atoms with Crippen LogP contribution in [0, 0.1) is 0 Å². The number of carbonyl (C=O) groups is 1.